The van der Waals surface area contributed by atoms with Gasteiger partial charge >= 0.3 is 0 Å². The molecular weight excluding hydrogens is 414 g/mol. The highest BCUT2D eigenvalue weighted by atomic mass is 35.5. The molecule has 0 spiro atoms. The van der Waals surface area contributed by atoms with Crippen LogP contribution in [0.25, 0.3) is 22.4 Å². The van der Waals surface area contributed by atoms with Gasteiger partial charge < -0.3 is 14.2 Å². The number of benzene rings is 2. The molecule has 0 fully saturated rings. The summed E-state index contributed by atoms with van der Waals surface area (Å²) in [6.45, 7) is 0. The Bertz CT molecular complexity index is 1320. The van der Waals surface area contributed by atoms with Crippen molar-refractivity contribution in [3.63, 3.8) is 0 Å². The number of fused-ring (bicyclic) bond motifs is 1. The average Bonchev–Trinajstić information content (AvgIpc) is 3.27. The smallest absolute Gasteiger partial charge is 0.291 e. The molecule has 29 heavy (non-hydrogen) atoms. The van der Waals surface area contributed by atoms with Crippen molar-refractivity contribution in [2.75, 3.05) is 21.3 Å². The van der Waals surface area contributed by atoms with Gasteiger partial charge in [0.05, 0.1) is 31.4 Å². The number of ether oxygens (including phenoxy) is 3. The highest BCUT2D eigenvalue weighted by Crippen LogP contribution is 2.31. The zero-order valence-electron chi connectivity index (χ0n) is 15.8. The first-order valence-electron chi connectivity index (χ1n) is 8.51. The Morgan fingerprint density at radius 1 is 1.03 bits per heavy atom. The van der Waals surface area contributed by atoms with Crippen LogP contribution in [-0.2, 0) is 0 Å². The van der Waals surface area contributed by atoms with Crippen LogP contribution in [-0.4, -0.2) is 35.9 Å². The number of hydrogen-bond donors (Lipinski definition) is 0. The van der Waals surface area contributed by atoms with Crippen molar-refractivity contribution in [2.24, 2.45) is 0 Å². The molecule has 0 amide bonds. The minimum absolute atomic E-state index is 0.261. The third kappa shape index (κ3) is 3.52. The Labute approximate surface area is 174 Å². The highest BCUT2D eigenvalue weighted by molar-refractivity contribution is 7.15. The monoisotopic (exact) mass is 429 g/mol. The second kappa shape index (κ2) is 7.73. The van der Waals surface area contributed by atoms with Gasteiger partial charge in [-0.1, -0.05) is 22.9 Å². The lowest BCUT2D eigenvalue weighted by atomic mass is 10.2. The molecule has 0 aliphatic heterocycles. The number of rotatable bonds is 5. The van der Waals surface area contributed by atoms with E-state index in [-0.39, 0.29) is 5.56 Å². The van der Waals surface area contributed by atoms with Crippen molar-refractivity contribution in [1.82, 2.24) is 14.6 Å². The Hall–Kier alpha value is -3.10. The van der Waals surface area contributed by atoms with E-state index in [4.69, 9.17) is 25.8 Å². The fourth-order valence-corrected chi connectivity index (χ4v) is 3.95. The third-order valence-electron chi connectivity index (χ3n) is 4.31. The summed E-state index contributed by atoms with van der Waals surface area (Å²) in [7, 11) is 4.71. The van der Waals surface area contributed by atoms with Crippen LogP contribution >= 0.6 is 22.9 Å². The molecule has 0 saturated heterocycles. The molecule has 0 N–H and O–H groups in total. The SMILES string of the molecule is COc1ccc(/C=c2\sc3nc(-c4cc(Cl)ccc4OC)nn3c2=O)c(OC)c1. The second-order valence-corrected chi connectivity index (χ2v) is 7.44. The lowest BCUT2D eigenvalue weighted by molar-refractivity contribution is 0.393. The van der Waals surface area contributed by atoms with Crippen LogP contribution in [0.5, 0.6) is 17.2 Å². The number of thiazole rings is 1. The molecule has 2 aromatic carbocycles. The number of halogens is 1. The molecular formula is C20H16ClN3O4S. The lowest BCUT2D eigenvalue weighted by Crippen LogP contribution is -2.23. The average molecular weight is 430 g/mol. The topological polar surface area (TPSA) is 75.0 Å². The fraction of sp³-hybridized carbons (Fsp3) is 0.150. The molecule has 2 aromatic heterocycles. The van der Waals surface area contributed by atoms with Crippen LogP contribution in [0, 0.1) is 0 Å². The molecule has 4 aromatic rings. The second-order valence-electron chi connectivity index (χ2n) is 6.00. The Morgan fingerprint density at radius 3 is 2.52 bits per heavy atom. The molecule has 0 saturated carbocycles. The Balaban J connectivity index is 1.82. The molecule has 0 aliphatic carbocycles. The van der Waals surface area contributed by atoms with E-state index < -0.39 is 0 Å². The maximum absolute atomic E-state index is 12.8. The molecule has 2 heterocycles. The lowest BCUT2D eigenvalue weighted by Gasteiger charge is -2.06. The van der Waals surface area contributed by atoms with E-state index in [0.29, 0.717) is 43.2 Å². The third-order valence-corrected chi connectivity index (χ3v) is 5.51. The van der Waals surface area contributed by atoms with E-state index in [1.165, 1.54) is 15.9 Å². The summed E-state index contributed by atoms with van der Waals surface area (Å²) in [4.78, 5) is 17.8. The van der Waals surface area contributed by atoms with Gasteiger partial charge in [-0.2, -0.15) is 9.50 Å². The van der Waals surface area contributed by atoms with Crippen LogP contribution in [0.1, 0.15) is 5.56 Å². The van der Waals surface area contributed by atoms with Gasteiger partial charge in [-0.05, 0) is 36.4 Å². The van der Waals surface area contributed by atoms with Gasteiger partial charge in [0, 0.05) is 16.7 Å². The van der Waals surface area contributed by atoms with Crippen molar-refractivity contribution in [2.45, 2.75) is 0 Å². The Kier molecular flexibility index (Phi) is 5.12. The minimum atomic E-state index is -0.261. The first-order chi connectivity index (χ1) is 14.0. The van der Waals surface area contributed by atoms with Crippen LogP contribution in [0.15, 0.2) is 41.2 Å². The molecule has 9 heteroatoms. The summed E-state index contributed by atoms with van der Waals surface area (Å²) in [6.07, 6.45) is 1.75. The van der Waals surface area contributed by atoms with Gasteiger partial charge in [0.1, 0.15) is 17.2 Å². The maximum atomic E-state index is 12.8. The summed E-state index contributed by atoms with van der Waals surface area (Å²) in [6, 6.07) is 10.6. The summed E-state index contributed by atoms with van der Waals surface area (Å²) >= 11 is 7.33. The van der Waals surface area contributed by atoms with E-state index in [2.05, 4.69) is 10.1 Å². The van der Waals surface area contributed by atoms with Crippen molar-refractivity contribution in [3.05, 3.63) is 61.9 Å². The minimum Gasteiger partial charge on any atom is -0.497 e. The van der Waals surface area contributed by atoms with Crippen molar-refractivity contribution in [1.29, 1.82) is 0 Å². The Morgan fingerprint density at radius 2 is 1.83 bits per heavy atom. The first-order valence-corrected chi connectivity index (χ1v) is 9.70. The zero-order chi connectivity index (χ0) is 20.5. The van der Waals surface area contributed by atoms with Gasteiger partial charge in [0.2, 0.25) is 4.96 Å². The normalized spacial score (nSPS) is 11.8. The zero-order valence-corrected chi connectivity index (χ0v) is 17.4. The van der Waals surface area contributed by atoms with Crippen molar-refractivity contribution >= 4 is 34.0 Å². The predicted molar refractivity (Wildman–Crippen MR) is 112 cm³/mol. The number of aromatic nitrogens is 3. The van der Waals surface area contributed by atoms with Gasteiger partial charge in [-0.15, -0.1) is 5.10 Å². The summed E-state index contributed by atoms with van der Waals surface area (Å²) in [5.41, 5.74) is 1.12. The number of hydrogen-bond acceptors (Lipinski definition) is 7. The number of nitrogens with zero attached hydrogens (tertiary/aromatic N) is 3. The van der Waals surface area contributed by atoms with Crippen LogP contribution < -0.4 is 24.3 Å². The van der Waals surface area contributed by atoms with Gasteiger partial charge in [-0.3, -0.25) is 4.79 Å². The van der Waals surface area contributed by atoms with E-state index in [1.807, 2.05) is 6.07 Å². The van der Waals surface area contributed by atoms with Crippen LogP contribution in [0.4, 0.5) is 0 Å². The molecule has 0 unspecified atom stereocenters. The molecule has 7 nitrogen and oxygen atoms in total. The molecule has 0 atom stereocenters. The molecule has 4 rings (SSSR count). The highest BCUT2D eigenvalue weighted by Gasteiger charge is 2.16. The summed E-state index contributed by atoms with van der Waals surface area (Å²) in [5.74, 6) is 2.23. The molecule has 0 aliphatic rings. The number of methoxy groups -OCH3 is 3. The van der Waals surface area contributed by atoms with Crippen molar-refractivity contribution in [3.8, 4) is 28.6 Å². The molecule has 0 bridgehead atoms. The largest absolute Gasteiger partial charge is 0.497 e. The first kappa shape index (κ1) is 19.2. The maximum Gasteiger partial charge on any atom is 0.291 e. The van der Waals surface area contributed by atoms with Crippen LogP contribution in [0.3, 0.4) is 0 Å². The predicted octanol–water partition coefficient (Wildman–Crippen LogP) is 3.04. The standard InChI is InChI=1S/C20H16ClN3O4S/c1-26-13-6-4-11(16(10-13)28-3)8-17-19(25)24-20(29-17)22-18(23-24)14-9-12(21)5-7-15(14)27-2/h4-10H,1-3H3/b17-8-. The van der Waals surface area contributed by atoms with E-state index in [0.717, 1.165) is 5.56 Å². The molecule has 148 valence electrons. The quantitative estimate of drug-likeness (QED) is 0.485. The van der Waals surface area contributed by atoms with Gasteiger partial charge in [-0.25, -0.2) is 0 Å². The molecule has 0 radical (unpaired) electrons. The van der Waals surface area contributed by atoms with Crippen molar-refractivity contribution < 1.29 is 14.2 Å². The summed E-state index contributed by atoms with van der Waals surface area (Å²) < 4.78 is 17.7. The van der Waals surface area contributed by atoms with Crippen LogP contribution in [0.2, 0.25) is 5.02 Å². The van der Waals surface area contributed by atoms with E-state index >= 15 is 0 Å². The summed E-state index contributed by atoms with van der Waals surface area (Å²) in [5, 5.41) is 4.89. The van der Waals surface area contributed by atoms with E-state index in [9.17, 15) is 4.79 Å². The van der Waals surface area contributed by atoms with Gasteiger partial charge in [0.15, 0.2) is 5.82 Å². The fourth-order valence-electron chi connectivity index (χ4n) is 2.88. The van der Waals surface area contributed by atoms with Gasteiger partial charge in [0.25, 0.3) is 5.56 Å². The van der Waals surface area contributed by atoms with E-state index in [1.54, 1.807) is 57.7 Å².